The van der Waals surface area contributed by atoms with Crippen molar-refractivity contribution in [3.05, 3.63) is 99.1 Å². The van der Waals surface area contributed by atoms with Crippen molar-refractivity contribution in [3.63, 3.8) is 0 Å². The summed E-state index contributed by atoms with van der Waals surface area (Å²) in [6.07, 6.45) is 4.36. The van der Waals surface area contributed by atoms with Crippen molar-refractivity contribution in [1.82, 2.24) is 0 Å². The number of fused-ring (bicyclic) bond motifs is 1. The molecule has 1 nitrogen and oxygen atoms in total. The molecule has 0 heterocycles. The third kappa shape index (κ3) is 5.52. The molecule has 3 aromatic rings. The summed E-state index contributed by atoms with van der Waals surface area (Å²) >= 11 is 0. The predicted molar refractivity (Wildman–Crippen MR) is 128 cm³/mol. The number of rotatable bonds is 3. The standard InChI is InChI=1S/C30H24F4O/c1-3-4-21-12-13-24-23(15-21)18-26(31)25(29(24)34)14-11-20-7-5-19(6-8-20)9-10-22-16-27(32)30(35-2)28(33)17-22/h5-8,16-18,21H,3-4,12-13,15H2,1-2H3. The first-order chi connectivity index (χ1) is 16.9. The molecule has 0 amide bonds. The van der Waals surface area contributed by atoms with Gasteiger partial charge in [-0.25, -0.2) is 17.6 Å². The first-order valence-corrected chi connectivity index (χ1v) is 11.6. The molecule has 0 spiro atoms. The van der Waals surface area contributed by atoms with E-state index >= 15 is 4.39 Å². The highest BCUT2D eigenvalue weighted by Crippen LogP contribution is 2.32. The molecular formula is C30H24F4O. The first-order valence-electron chi connectivity index (χ1n) is 11.6. The van der Waals surface area contributed by atoms with Crippen LogP contribution in [-0.2, 0) is 12.8 Å². The lowest BCUT2D eigenvalue weighted by Gasteiger charge is -2.25. The third-order valence-electron chi connectivity index (χ3n) is 6.19. The maximum absolute atomic E-state index is 15.0. The van der Waals surface area contributed by atoms with Crippen LogP contribution in [-0.4, -0.2) is 7.11 Å². The fraction of sp³-hybridized carbons (Fsp3) is 0.267. The summed E-state index contributed by atoms with van der Waals surface area (Å²) in [6.45, 7) is 2.12. The minimum absolute atomic E-state index is 0.170. The Morgan fingerprint density at radius 3 is 2.03 bits per heavy atom. The highest BCUT2D eigenvalue weighted by molar-refractivity contribution is 5.51. The molecule has 4 rings (SSSR count). The van der Waals surface area contributed by atoms with Crippen LogP contribution >= 0.6 is 0 Å². The van der Waals surface area contributed by atoms with Gasteiger partial charge >= 0.3 is 0 Å². The van der Waals surface area contributed by atoms with Crippen LogP contribution in [0, 0.1) is 52.9 Å². The van der Waals surface area contributed by atoms with Gasteiger partial charge in [0.05, 0.1) is 12.7 Å². The average Bonchev–Trinajstić information content (AvgIpc) is 2.83. The topological polar surface area (TPSA) is 9.23 Å². The Kier molecular flexibility index (Phi) is 7.47. The summed E-state index contributed by atoms with van der Waals surface area (Å²) < 4.78 is 62.0. The molecule has 1 atom stereocenters. The van der Waals surface area contributed by atoms with Gasteiger partial charge in [0.2, 0.25) is 0 Å². The van der Waals surface area contributed by atoms with E-state index in [9.17, 15) is 13.2 Å². The van der Waals surface area contributed by atoms with E-state index in [0.717, 1.165) is 37.0 Å². The van der Waals surface area contributed by atoms with Crippen molar-refractivity contribution < 1.29 is 22.3 Å². The maximum atomic E-state index is 15.0. The number of benzene rings is 3. The van der Waals surface area contributed by atoms with E-state index < -0.39 is 29.0 Å². The van der Waals surface area contributed by atoms with Crippen LogP contribution in [0.15, 0.2) is 42.5 Å². The summed E-state index contributed by atoms with van der Waals surface area (Å²) in [4.78, 5) is 0. The summed E-state index contributed by atoms with van der Waals surface area (Å²) in [5.41, 5.74) is 2.47. The summed E-state index contributed by atoms with van der Waals surface area (Å²) in [5.74, 6) is 8.19. The lowest BCUT2D eigenvalue weighted by molar-refractivity contribution is 0.359. The molecule has 0 radical (unpaired) electrons. The number of hydrogen-bond acceptors (Lipinski definition) is 1. The van der Waals surface area contributed by atoms with Crippen LogP contribution < -0.4 is 4.74 Å². The average molecular weight is 477 g/mol. The van der Waals surface area contributed by atoms with Crippen LogP contribution in [0.5, 0.6) is 5.75 Å². The number of hydrogen-bond donors (Lipinski definition) is 0. The van der Waals surface area contributed by atoms with Crippen LogP contribution in [0.4, 0.5) is 17.6 Å². The predicted octanol–water partition coefficient (Wildman–Crippen LogP) is 6.96. The summed E-state index contributed by atoms with van der Waals surface area (Å²) in [5, 5.41) is 0. The normalized spacial score (nSPS) is 14.3. The summed E-state index contributed by atoms with van der Waals surface area (Å²) in [7, 11) is 1.19. The number of ether oxygens (including phenoxy) is 1. The molecule has 1 unspecified atom stereocenters. The molecule has 5 heteroatoms. The Labute approximate surface area is 203 Å². The fourth-order valence-corrected chi connectivity index (χ4v) is 4.44. The zero-order valence-electron chi connectivity index (χ0n) is 19.6. The minimum Gasteiger partial charge on any atom is -0.491 e. The molecular weight excluding hydrogens is 452 g/mol. The monoisotopic (exact) mass is 476 g/mol. The molecule has 0 saturated heterocycles. The molecule has 1 aliphatic rings. The van der Waals surface area contributed by atoms with Gasteiger partial charge in [-0.3, -0.25) is 0 Å². The molecule has 1 aliphatic carbocycles. The highest BCUT2D eigenvalue weighted by atomic mass is 19.1. The van der Waals surface area contributed by atoms with E-state index in [4.69, 9.17) is 0 Å². The molecule has 0 aromatic heterocycles. The Morgan fingerprint density at radius 1 is 0.829 bits per heavy atom. The number of halogens is 4. The largest absolute Gasteiger partial charge is 0.491 e. The molecule has 0 bridgehead atoms. The van der Waals surface area contributed by atoms with Gasteiger partial charge in [-0.1, -0.05) is 43.4 Å². The third-order valence-corrected chi connectivity index (χ3v) is 6.19. The van der Waals surface area contributed by atoms with Crippen molar-refractivity contribution in [2.75, 3.05) is 7.11 Å². The molecule has 35 heavy (non-hydrogen) atoms. The molecule has 0 N–H and O–H groups in total. The van der Waals surface area contributed by atoms with E-state index in [1.165, 1.54) is 13.2 Å². The van der Waals surface area contributed by atoms with Gasteiger partial charge in [0.25, 0.3) is 0 Å². The zero-order valence-corrected chi connectivity index (χ0v) is 19.6. The number of methoxy groups -OCH3 is 1. The second-order valence-corrected chi connectivity index (χ2v) is 8.63. The Balaban J connectivity index is 1.52. The first kappa shape index (κ1) is 24.4. The van der Waals surface area contributed by atoms with Gasteiger partial charge in [0.15, 0.2) is 17.4 Å². The van der Waals surface area contributed by atoms with Gasteiger partial charge < -0.3 is 4.74 Å². The van der Waals surface area contributed by atoms with Crippen molar-refractivity contribution in [3.8, 4) is 29.4 Å². The summed E-state index contributed by atoms with van der Waals surface area (Å²) in [6, 6.07) is 10.3. The van der Waals surface area contributed by atoms with Crippen LogP contribution in [0.3, 0.4) is 0 Å². The minimum atomic E-state index is -0.829. The van der Waals surface area contributed by atoms with E-state index in [1.54, 1.807) is 24.3 Å². The van der Waals surface area contributed by atoms with Crippen molar-refractivity contribution in [2.45, 2.75) is 39.0 Å². The molecule has 0 aliphatic heterocycles. The van der Waals surface area contributed by atoms with Gasteiger partial charge in [-0.05, 0) is 78.8 Å². The van der Waals surface area contributed by atoms with Crippen molar-refractivity contribution in [1.29, 1.82) is 0 Å². The van der Waals surface area contributed by atoms with Crippen LogP contribution in [0.25, 0.3) is 0 Å². The van der Waals surface area contributed by atoms with Crippen molar-refractivity contribution >= 4 is 0 Å². The lowest BCUT2D eigenvalue weighted by Crippen LogP contribution is -2.17. The molecule has 0 saturated carbocycles. The SMILES string of the molecule is CCCC1CCc2c(cc(F)c(C#Cc3ccc(C#Cc4cc(F)c(OC)c(F)c4)cc3)c2F)C1. The second kappa shape index (κ2) is 10.7. The van der Waals surface area contributed by atoms with E-state index in [1.807, 2.05) is 0 Å². The highest BCUT2D eigenvalue weighted by Gasteiger charge is 2.24. The molecule has 3 aromatic carbocycles. The van der Waals surface area contributed by atoms with Gasteiger partial charge in [0, 0.05) is 16.7 Å². The lowest BCUT2D eigenvalue weighted by atomic mass is 9.81. The van der Waals surface area contributed by atoms with Crippen LogP contribution in [0.2, 0.25) is 0 Å². The van der Waals surface area contributed by atoms with Gasteiger partial charge in [-0.15, -0.1) is 0 Å². The quantitative estimate of drug-likeness (QED) is 0.293. The van der Waals surface area contributed by atoms with Crippen molar-refractivity contribution in [2.24, 2.45) is 5.92 Å². The van der Waals surface area contributed by atoms with Crippen LogP contribution in [0.1, 0.15) is 59.6 Å². The van der Waals surface area contributed by atoms with Gasteiger partial charge in [-0.2, -0.15) is 0 Å². The zero-order chi connectivity index (χ0) is 24.9. The maximum Gasteiger partial charge on any atom is 0.190 e. The Hall–Kier alpha value is -3.70. The Morgan fingerprint density at radius 2 is 1.43 bits per heavy atom. The smallest absolute Gasteiger partial charge is 0.190 e. The second-order valence-electron chi connectivity index (χ2n) is 8.63. The fourth-order valence-electron chi connectivity index (χ4n) is 4.44. The molecule has 178 valence electrons. The van der Waals surface area contributed by atoms with E-state index in [-0.39, 0.29) is 11.1 Å². The Bertz CT molecular complexity index is 1340. The molecule has 0 fully saturated rings. The van der Waals surface area contributed by atoms with E-state index in [0.29, 0.717) is 35.4 Å². The van der Waals surface area contributed by atoms with Gasteiger partial charge in [0.1, 0.15) is 11.6 Å². The van der Waals surface area contributed by atoms with E-state index in [2.05, 4.69) is 35.3 Å².